The Kier molecular flexibility index (Phi) is 5.35. The van der Waals surface area contributed by atoms with Crippen molar-refractivity contribution < 1.29 is 9.13 Å². The normalized spacial score (nSPS) is 15.3. The standard InChI is InChI=1S/C17H18ClFN6OS/c18-11-9-10(1-2-12(11)19)15-22-14(20)13-16(23-15)24-17(27-13)21-3-4-25-5-7-26-8-6-25/h1-2,9H,3-8H2,(H3,20,21,22,23,24). The van der Waals surface area contributed by atoms with E-state index < -0.39 is 5.82 Å². The van der Waals surface area contributed by atoms with Crippen LogP contribution in [0.5, 0.6) is 0 Å². The van der Waals surface area contributed by atoms with Crippen molar-refractivity contribution >= 4 is 44.2 Å². The number of halogens is 2. The average molecular weight is 409 g/mol. The Balaban J connectivity index is 1.51. The summed E-state index contributed by atoms with van der Waals surface area (Å²) in [5.74, 6) is 0.219. The fourth-order valence-corrected chi connectivity index (χ4v) is 3.84. The zero-order chi connectivity index (χ0) is 18.8. The second kappa shape index (κ2) is 7.89. The number of hydrogen-bond acceptors (Lipinski definition) is 8. The lowest BCUT2D eigenvalue weighted by atomic mass is 10.2. The number of rotatable bonds is 5. The molecule has 1 aliphatic rings. The first-order chi connectivity index (χ1) is 13.1. The van der Waals surface area contributed by atoms with Crippen molar-refractivity contribution in [3.05, 3.63) is 29.0 Å². The molecule has 3 N–H and O–H groups in total. The number of nitrogens with two attached hydrogens (primary N) is 1. The van der Waals surface area contributed by atoms with Crippen LogP contribution in [0.25, 0.3) is 21.7 Å². The predicted octanol–water partition coefficient (Wildman–Crippen LogP) is 2.87. The van der Waals surface area contributed by atoms with Gasteiger partial charge in [0.05, 0.1) is 18.2 Å². The minimum Gasteiger partial charge on any atom is -0.382 e. The summed E-state index contributed by atoms with van der Waals surface area (Å²) in [4.78, 5) is 15.6. The van der Waals surface area contributed by atoms with Gasteiger partial charge in [-0.3, -0.25) is 4.90 Å². The van der Waals surface area contributed by atoms with Crippen LogP contribution in [-0.2, 0) is 4.74 Å². The third-order valence-electron chi connectivity index (χ3n) is 4.27. The lowest BCUT2D eigenvalue weighted by Crippen LogP contribution is -2.38. The first-order valence-corrected chi connectivity index (χ1v) is 9.73. The highest BCUT2D eigenvalue weighted by Crippen LogP contribution is 2.31. The molecule has 27 heavy (non-hydrogen) atoms. The number of aromatic nitrogens is 3. The summed E-state index contributed by atoms with van der Waals surface area (Å²) >= 11 is 7.27. The molecular weight excluding hydrogens is 391 g/mol. The molecule has 0 radical (unpaired) electrons. The van der Waals surface area contributed by atoms with Gasteiger partial charge in [-0.05, 0) is 18.2 Å². The van der Waals surface area contributed by atoms with Gasteiger partial charge >= 0.3 is 0 Å². The van der Waals surface area contributed by atoms with Crippen molar-refractivity contribution in [2.45, 2.75) is 0 Å². The molecule has 0 atom stereocenters. The molecule has 1 fully saturated rings. The van der Waals surface area contributed by atoms with Gasteiger partial charge in [-0.1, -0.05) is 22.9 Å². The number of hydrogen-bond donors (Lipinski definition) is 2. The number of fused-ring (bicyclic) bond motifs is 1. The Morgan fingerprint density at radius 2 is 2.07 bits per heavy atom. The van der Waals surface area contributed by atoms with Crippen LogP contribution in [0, 0.1) is 5.82 Å². The quantitative estimate of drug-likeness (QED) is 0.670. The zero-order valence-corrected chi connectivity index (χ0v) is 16.0. The largest absolute Gasteiger partial charge is 0.382 e. The van der Waals surface area contributed by atoms with Crippen LogP contribution in [0.1, 0.15) is 0 Å². The molecule has 1 aromatic carbocycles. The first-order valence-electron chi connectivity index (χ1n) is 8.53. The van der Waals surface area contributed by atoms with E-state index in [4.69, 9.17) is 22.1 Å². The number of anilines is 2. The maximum atomic E-state index is 13.4. The molecular formula is C17H18ClFN6OS. The lowest BCUT2D eigenvalue weighted by molar-refractivity contribution is 0.0398. The molecule has 142 valence electrons. The second-order valence-corrected chi connectivity index (χ2v) is 7.52. The Labute approximate surface area is 164 Å². The van der Waals surface area contributed by atoms with Crippen LogP contribution < -0.4 is 11.1 Å². The molecule has 7 nitrogen and oxygen atoms in total. The van der Waals surface area contributed by atoms with Gasteiger partial charge in [0.2, 0.25) is 0 Å². The maximum Gasteiger partial charge on any atom is 0.185 e. The highest BCUT2D eigenvalue weighted by atomic mass is 35.5. The molecule has 0 bridgehead atoms. The lowest BCUT2D eigenvalue weighted by Gasteiger charge is -2.26. The smallest absolute Gasteiger partial charge is 0.185 e. The summed E-state index contributed by atoms with van der Waals surface area (Å²) in [5.41, 5.74) is 7.18. The van der Waals surface area contributed by atoms with Crippen molar-refractivity contribution in [1.82, 2.24) is 19.9 Å². The molecule has 0 unspecified atom stereocenters. The van der Waals surface area contributed by atoms with E-state index in [2.05, 4.69) is 25.2 Å². The number of ether oxygens (including phenoxy) is 1. The third-order valence-corrected chi connectivity index (χ3v) is 5.58. The van der Waals surface area contributed by atoms with Gasteiger partial charge in [-0.15, -0.1) is 0 Å². The molecule has 2 aromatic heterocycles. The molecule has 3 heterocycles. The van der Waals surface area contributed by atoms with Crippen LogP contribution >= 0.6 is 22.9 Å². The molecule has 1 aliphatic heterocycles. The Hall–Kier alpha value is -2.07. The van der Waals surface area contributed by atoms with Gasteiger partial charge in [0.15, 0.2) is 16.6 Å². The second-order valence-electron chi connectivity index (χ2n) is 6.11. The Morgan fingerprint density at radius 1 is 1.26 bits per heavy atom. The van der Waals surface area contributed by atoms with E-state index in [9.17, 15) is 4.39 Å². The SMILES string of the molecule is Nc1nc(-c2ccc(F)c(Cl)c2)nc2nc(NCCN3CCOCC3)sc12. The Morgan fingerprint density at radius 3 is 2.85 bits per heavy atom. The summed E-state index contributed by atoms with van der Waals surface area (Å²) in [7, 11) is 0. The van der Waals surface area contributed by atoms with Crippen molar-refractivity contribution in [3.8, 4) is 11.4 Å². The van der Waals surface area contributed by atoms with E-state index in [1.54, 1.807) is 6.07 Å². The number of thiazole rings is 1. The molecule has 1 saturated heterocycles. The van der Waals surface area contributed by atoms with E-state index in [-0.39, 0.29) is 5.02 Å². The highest BCUT2D eigenvalue weighted by Gasteiger charge is 2.14. The van der Waals surface area contributed by atoms with E-state index in [1.165, 1.54) is 23.5 Å². The molecule has 0 spiro atoms. The van der Waals surface area contributed by atoms with E-state index in [0.29, 0.717) is 22.9 Å². The van der Waals surface area contributed by atoms with Gasteiger partial charge in [-0.25, -0.2) is 14.4 Å². The number of nitrogens with zero attached hydrogens (tertiary/aromatic N) is 4. The number of benzene rings is 1. The summed E-state index contributed by atoms with van der Waals surface area (Å²) in [6.45, 7) is 5.15. The average Bonchev–Trinajstić information content (AvgIpc) is 3.08. The van der Waals surface area contributed by atoms with E-state index in [0.717, 1.165) is 49.2 Å². The minimum absolute atomic E-state index is 0.0125. The van der Waals surface area contributed by atoms with Crippen LogP contribution in [-0.4, -0.2) is 59.2 Å². The fraction of sp³-hybridized carbons (Fsp3) is 0.353. The number of morpholine rings is 1. The summed E-state index contributed by atoms with van der Waals surface area (Å²) in [6, 6.07) is 4.32. The van der Waals surface area contributed by atoms with Crippen LogP contribution in [0.15, 0.2) is 18.2 Å². The summed E-state index contributed by atoms with van der Waals surface area (Å²) < 4.78 is 19.4. The first kappa shape index (κ1) is 18.3. The summed E-state index contributed by atoms with van der Waals surface area (Å²) in [6.07, 6.45) is 0. The van der Waals surface area contributed by atoms with E-state index in [1.807, 2.05) is 0 Å². The molecule has 10 heteroatoms. The molecule has 0 amide bonds. The highest BCUT2D eigenvalue weighted by molar-refractivity contribution is 7.22. The maximum absolute atomic E-state index is 13.4. The van der Waals surface area contributed by atoms with Crippen molar-refractivity contribution in [2.24, 2.45) is 0 Å². The minimum atomic E-state index is -0.491. The van der Waals surface area contributed by atoms with Gasteiger partial charge in [0.25, 0.3) is 0 Å². The zero-order valence-electron chi connectivity index (χ0n) is 14.4. The monoisotopic (exact) mass is 408 g/mol. The van der Waals surface area contributed by atoms with Crippen LogP contribution in [0.2, 0.25) is 5.02 Å². The Bertz CT molecular complexity index is 962. The number of nitrogens with one attached hydrogen (secondary N) is 1. The van der Waals surface area contributed by atoms with Crippen LogP contribution in [0.3, 0.4) is 0 Å². The van der Waals surface area contributed by atoms with Gasteiger partial charge < -0.3 is 15.8 Å². The molecule has 0 aliphatic carbocycles. The van der Waals surface area contributed by atoms with Gasteiger partial charge in [-0.2, -0.15) is 4.98 Å². The van der Waals surface area contributed by atoms with Crippen molar-refractivity contribution in [3.63, 3.8) is 0 Å². The molecule has 0 saturated carbocycles. The van der Waals surface area contributed by atoms with E-state index >= 15 is 0 Å². The third kappa shape index (κ3) is 4.11. The fourth-order valence-electron chi connectivity index (χ4n) is 2.83. The number of nitrogen functional groups attached to an aromatic ring is 1. The van der Waals surface area contributed by atoms with Crippen LogP contribution in [0.4, 0.5) is 15.3 Å². The van der Waals surface area contributed by atoms with Gasteiger partial charge in [0.1, 0.15) is 16.3 Å². The predicted molar refractivity (Wildman–Crippen MR) is 106 cm³/mol. The van der Waals surface area contributed by atoms with Crippen molar-refractivity contribution in [1.29, 1.82) is 0 Å². The topological polar surface area (TPSA) is 89.2 Å². The van der Waals surface area contributed by atoms with Crippen molar-refractivity contribution in [2.75, 3.05) is 50.4 Å². The molecule has 4 rings (SSSR count). The summed E-state index contributed by atoms with van der Waals surface area (Å²) in [5, 5.41) is 4.07. The van der Waals surface area contributed by atoms with Gasteiger partial charge in [0, 0.05) is 31.7 Å². The molecule has 3 aromatic rings.